The largest absolute Gasteiger partial charge is 0.339 e. The van der Waals surface area contributed by atoms with E-state index in [0.717, 1.165) is 31.1 Å². The van der Waals surface area contributed by atoms with E-state index in [0.29, 0.717) is 17.6 Å². The monoisotopic (exact) mass is 372 g/mol. The summed E-state index contributed by atoms with van der Waals surface area (Å²) in [7, 11) is 0. The maximum Gasteiger partial charge on any atom is 0.239 e. The average molecular weight is 373 g/mol. The Morgan fingerprint density at radius 3 is 2.85 bits per heavy atom. The van der Waals surface area contributed by atoms with Crippen LogP contribution in [0.2, 0.25) is 0 Å². The predicted octanol–water partition coefficient (Wildman–Crippen LogP) is 2.40. The van der Waals surface area contributed by atoms with E-state index in [1.54, 1.807) is 0 Å². The van der Waals surface area contributed by atoms with Crippen LogP contribution in [-0.2, 0) is 17.8 Å². The van der Waals surface area contributed by atoms with Crippen molar-refractivity contribution in [1.82, 2.24) is 14.5 Å². The summed E-state index contributed by atoms with van der Waals surface area (Å²) >= 11 is 1.96. The van der Waals surface area contributed by atoms with Crippen molar-refractivity contribution >= 4 is 17.7 Å². The highest BCUT2D eigenvalue weighted by Gasteiger charge is 2.29. The number of hydrogen-bond acceptors (Lipinski definition) is 4. The molecule has 1 aromatic heterocycles. The molecule has 3 rings (SSSR count). The second kappa shape index (κ2) is 8.73. The third-order valence-corrected chi connectivity index (χ3v) is 6.33. The number of nitrogens with zero attached hydrogens (tertiary/aromatic N) is 3. The summed E-state index contributed by atoms with van der Waals surface area (Å²) in [5.41, 5.74) is 8.31. The SMILES string of the molecule is CC(C)C1CN(C(=O)[C@@H](N)Cc2cn(Cc3ccccc3)cn2)CCS1. The number of rotatable bonds is 6. The summed E-state index contributed by atoms with van der Waals surface area (Å²) in [5, 5.41) is 0.505. The van der Waals surface area contributed by atoms with E-state index < -0.39 is 6.04 Å². The standard InChI is InChI=1S/C20H28N4OS/c1-15(2)19-13-24(8-9-26-19)20(25)18(21)10-17-12-23(14-22-17)11-16-6-4-3-5-7-16/h3-7,12,14-15,18-19H,8-11,13,21H2,1-2H3/t18-,19?/m0/s1. The maximum absolute atomic E-state index is 12.7. The van der Waals surface area contributed by atoms with Crippen LogP contribution in [0.5, 0.6) is 0 Å². The van der Waals surface area contributed by atoms with E-state index in [9.17, 15) is 4.79 Å². The average Bonchev–Trinajstić information content (AvgIpc) is 3.08. The molecule has 2 N–H and O–H groups in total. The molecule has 2 atom stereocenters. The Kier molecular flexibility index (Phi) is 6.38. The molecule has 2 aromatic rings. The first-order valence-electron chi connectivity index (χ1n) is 9.23. The Bertz CT molecular complexity index is 716. The minimum Gasteiger partial charge on any atom is -0.339 e. The Morgan fingerprint density at radius 1 is 1.35 bits per heavy atom. The van der Waals surface area contributed by atoms with Crippen molar-refractivity contribution in [2.45, 2.75) is 38.1 Å². The van der Waals surface area contributed by atoms with Crippen molar-refractivity contribution in [1.29, 1.82) is 0 Å². The van der Waals surface area contributed by atoms with E-state index in [4.69, 9.17) is 5.73 Å². The quantitative estimate of drug-likeness (QED) is 0.846. The van der Waals surface area contributed by atoms with Gasteiger partial charge in [-0.15, -0.1) is 0 Å². The van der Waals surface area contributed by atoms with Crippen molar-refractivity contribution in [3.8, 4) is 0 Å². The van der Waals surface area contributed by atoms with E-state index in [2.05, 4.69) is 31.0 Å². The number of nitrogens with two attached hydrogens (primary N) is 1. The normalized spacial score (nSPS) is 18.9. The summed E-state index contributed by atoms with van der Waals surface area (Å²) in [4.78, 5) is 19.1. The second-order valence-electron chi connectivity index (χ2n) is 7.27. The minimum atomic E-state index is -0.522. The van der Waals surface area contributed by atoms with Crippen LogP contribution in [0.1, 0.15) is 25.1 Å². The molecule has 6 heteroatoms. The number of imidazole rings is 1. The first kappa shape index (κ1) is 19.0. The Labute approximate surface area is 160 Å². The van der Waals surface area contributed by atoms with Crippen molar-refractivity contribution in [2.75, 3.05) is 18.8 Å². The number of amides is 1. The third kappa shape index (κ3) is 4.89. The van der Waals surface area contributed by atoms with Crippen LogP contribution in [0.25, 0.3) is 0 Å². The molecule has 0 aliphatic carbocycles. The third-order valence-electron chi connectivity index (χ3n) is 4.79. The molecule has 26 heavy (non-hydrogen) atoms. The molecule has 1 aromatic carbocycles. The maximum atomic E-state index is 12.7. The lowest BCUT2D eigenvalue weighted by Gasteiger charge is -2.35. The van der Waals surface area contributed by atoms with Crippen LogP contribution in [0.3, 0.4) is 0 Å². The highest BCUT2D eigenvalue weighted by molar-refractivity contribution is 8.00. The smallest absolute Gasteiger partial charge is 0.239 e. The zero-order valence-electron chi connectivity index (χ0n) is 15.5. The van der Waals surface area contributed by atoms with Crippen LogP contribution in [0, 0.1) is 5.92 Å². The van der Waals surface area contributed by atoms with Gasteiger partial charge in [-0.05, 0) is 11.5 Å². The Balaban J connectivity index is 1.56. The van der Waals surface area contributed by atoms with Gasteiger partial charge in [0, 0.05) is 43.3 Å². The molecule has 1 fully saturated rings. The molecule has 1 unspecified atom stereocenters. The fraction of sp³-hybridized carbons (Fsp3) is 0.500. The summed E-state index contributed by atoms with van der Waals surface area (Å²) in [5.74, 6) is 1.61. The number of carbonyl (C=O) groups is 1. The van der Waals surface area contributed by atoms with Crippen molar-refractivity contribution in [3.05, 3.63) is 54.1 Å². The second-order valence-corrected chi connectivity index (χ2v) is 8.62. The lowest BCUT2D eigenvalue weighted by molar-refractivity contribution is -0.132. The molecule has 0 radical (unpaired) electrons. The lowest BCUT2D eigenvalue weighted by atomic mass is 10.1. The molecule has 0 bridgehead atoms. The number of carbonyl (C=O) groups excluding carboxylic acids is 1. The Hall–Kier alpha value is -1.79. The van der Waals surface area contributed by atoms with Gasteiger partial charge in [0.05, 0.1) is 18.1 Å². The molecule has 0 saturated carbocycles. The van der Waals surface area contributed by atoms with E-state index >= 15 is 0 Å². The van der Waals surface area contributed by atoms with Gasteiger partial charge in [0.25, 0.3) is 0 Å². The van der Waals surface area contributed by atoms with E-state index in [1.807, 2.05) is 52.0 Å². The highest BCUT2D eigenvalue weighted by atomic mass is 32.2. The molecule has 1 saturated heterocycles. The van der Waals surface area contributed by atoms with Gasteiger partial charge in [0.15, 0.2) is 0 Å². The van der Waals surface area contributed by atoms with Gasteiger partial charge in [-0.1, -0.05) is 44.2 Å². The fourth-order valence-electron chi connectivity index (χ4n) is 3.22. The Morgan fingerprint density at radius 2 is 2.12 bits per heavy atom. The molecule has 5 nitrogen and oxygen atoms in total. The van der Waals surface area contributed by atoms with Gasteiger partial charge in [-0.25, -0.2) is 4.98 Å². The van der Waals surface area contributed by atoms with Crippen molar-refractivity contribution in [2.24, 2.45) is 11.7 Å². The van der Waals surface area contributed by atoms with Crippen molar-refractivity contribution in [3.63, 3.8) is 0 Å². The van der Waals surface area contributed by atoms with Crippen LogP contribution in [0.4, 0.5) is 0 Å². The first-order chi connectivity index (χ1) is 12.5. The topological polar surface area (TPSA) is 64.2 Å². The highest BCUT2D eigenvalue weighted by Crippen LogP contribution is 2.25. The number of thioether (sulfide) groups is 1. The number of benzene rings is 1. The van der Waals surface area contributed by atoms with E-state index in [-0.39, 0.29) is 5.91 Å². The predicted molar refractivity (Wildman–Crippen MR) is 107 cm³/mol. The van der Waals surface area contributed by atoms with E-state index in [1.165, 1.54) is 5.56 Å². The number of hydrogen-bond donors (Lipinski definition) is 1. The summed E-state index contributed by atoms with van der Waals surface area (Å²) in [6.45, 7) is 6.80. The first-order valence-corrected chi connectivity index (χ1v) is 10.3. The minimum absolute atomic E-state index is 0.0496. The lowest BCUT2D eigenvalue weighted by Crippen LogP contribution is -2.50. The van der Waals surface area contributed by atoms with Crippen LogP contribution in [0.15, 0.2) is 42.9 Å². The zero-order chi connectivity index (χ0) is 18.5. The molecular weight excluding hydrogens is 344 g/mol. The molecular formula is C20H28N4OS. The summed E-state index contributed by atoms with van der Waals surface area (Å²) in [6, 6.07) is 9.73. The van der Waals surface area contributed by atoms with Crippen LogP contribution in [-0.4, -0.2) is 50.5 Å². The van der Waals surface area contributed by atoms with Crippen LogP contribution < -0.4 is 5.73 Å². The summed E-state index contributed by atoms with van der Waals surface area (Å²) < 4.78 is 2.04. The molecule has 0 spiro atoms. The van der Waals surface area contributed by atoms with Gasteiger partial charge in [0.1, 0.15) is 0 Å². The molecule has 1 aliphatic heterocycles. The van der Waals surface area contributed by atoms with Gasteiger partial charge in [-0.2, -0.15) is 11.8 Å². The van der Waals surface area contributed by atoms with Gasteiger partial charge in [0.2, 0.25) is 5.91 Å². The molecule has 1 amide bonds. The molecule has 1 aliphatic rings. The molecule has 2 heterocycles. The van der Waals surface area contributed by atoms with Crippen molar-refractivity contribution < 1.29 is 4.79 Å². The number of aromatic nitrogens is 2. The molecule has 140 valence electrons. The van der Waals surface area contributed by atoms with Crippen LogP contribution >= 0.6 is 11.8 Å². The fourth-order valence-corrected chi connectivity index (χ4v) is 4.52. The zero-order valence-corrected chi connectivity index (χ0v) is 16.4. The van der Waals surface area contributed by atoms with Gasteiger partial charge >= 0.3 is 0 Å². The van der Waals surface area contributed by atoms with Gasteiger partial charge < -0.3 is 15.2 Å². The summed E-state index contributed by atoms with van der Waals surface area (Å²) in [6.07, 6.45) is 4.28. The van der Waals surface area contributed by atoms with Gasteiger partial charge in [-0.3, -0.25) is 4.79 Å².